The van der Waals surface area contributed by atoms with Crippen LogP contribution < -0.4 is 0 Å². The second-order valence-corrected chi connectivity index (χ2v) is 20.3. The lowest BCUT2D eigenvalue weighted by molar-refractivity contribution is -0.167. The van der Waals surface area contributed by atoms with E-state index in [0.717, 1.165) is 75.5 Å². The Labute approximate surface area is 380 Å². The van der Waals surface area contributed by atoms with E-state index in [2.05, 4.69) is 41.5 Å². The normalized spacial score (nSPS) is 12.1. The van der Waals surface area contributed by atoms with Crippen LogP contribution in [0.15, 0.2) is 0 Å². The molecule has 0 fully saturated rings. The predicted octanol–water partition coefficient (Wildman–Crippen LogP) is 17.6. The van der Waals surface area contributed by atoms with Crippen molar-refractivity contribution in [1.29, 1.82) is 0 Å². The van der Waals surface area contributed by atoms with Gasteiger partial charge in [0.1, 0.15) is 13.2 Å². The first kappa shape index (κ1) is 59.4. The summed E-state index contributed by atoms with van der Waals surface area (Å²) in [5.41, 5.74) is 0. The maximum atomic E-state index is 12.8. The first-order valence-electron chi connectivity index (χ1n) is 27.1. The monoisotopic (exact) mass is 863 g/mol. The molecule has 0 saturated carbocycles. The van der Waals surface area contributed by atoms with Crippen LogP contribution >= 0.6 is 0 Å². The van der Waals surface area contributed by atoms with E-state index in [9.17, 15) is 14.4 Å². The van der Waals surface area contributed by atoms with Gasteiger partial charge in [0.25, 0.3) is 0 Å². The summed E-state index contributed by atoms with van der Waals surface area (Å²) >= 11 is 0. The van der Waals surface area contributed by atoms with E-state index < -0.39 is 6.10 Å². The van der Waals surface area contributed by atoms with Crippen LogP contribution in [0.2, 0.25) is 0 Å². The van der Waals surface area contributed by atoms with E-state index in [-0.39, 0.29) is 31.1 Å². The van der Waals surface area contributed by atoms with Gasteiger partial charge in [0.15, 0.2) is 6.10 Å². The lowest BCUT2D eigenvalue weighted by atomic mass is 10.0. The number of ether oxygens (including phenoxy) is 3. The Morgan fingerprint density at radius 3 is 0.705 bits per heavy atom. The molecule has 0 bridgehead atoms. The van der Waals surface area contributed by atoms with Crippen molar-refractivity contribution in [1.82, 2.24) is 0 Å². The summed E-state index contributed by atoms with van der Waals surface area (Å²) in [5, 5.41) is 0. The van der Waals surface area contributed by atoms with Gasteiger partial charge >= 0.3 is 17.9 Å². The third-order valence-corrected chi connectivity index (χ3v) is 12.4. The Balaban J connectivity index is 4.31. The van der Waals surface area contributed by atoms with Gasteiger partial charge in [-0.05, 0) is 37.0 Å². The molecular formula is C55H106O6. The first-order valence-corrected chi connectivity index (χ1v) is 27.1. The molecule has 0 rings (SSSR count). The number of carbonyl (C=O) groups excluding carboxylic acids is 3. The quantitative estimate of drug-likeness (QED) is 0.0344. The highest BCUT2D eigenvalue weighted by Crippen LogP contribution is 2.18. The topological polar surface area (TPSA) is 78.9 Å². The highest BCUT2D eigenvalue weighted by atomic mass is 16.6. The molecule has 0 unspecified atom stereocenters. The van der Waals surface area contributed by atoms with E-state index in [1.165, 1.54) is 180 Å². The lowest BCUT2D eigenvalue weighted by Gasteiger charge is -2.18. The Kier molecular flexibility index (Phi) is 45.2. The maximum absolute atomic E-state index is 12.8. The molecule has 0 saturated heterocycles. The minimum Gasteiger partial charge on any atom is -0.462 e. The van der Waals surface area contributed by atoms with E-state index in [0.29, 0.717) is 19.3 Å². The van der Waals surface area contributed by atoms with E-state index in [1.807, 2.05) is 0 Å². The summed E-state index contributed by atoms with van der Waals surface area (Å²) in [5.74, 6) is 1.63. The average molecular weight is 863 g/mol. The van der Waals surface area contributed by atoms with Crippen molar-refractivity contribution in [2.45, 2.75) is 304 Å². The van der Waals surface area contributed by atoms with Crippen molar-refractivity contribution >= 4 is 17.9 Å². The van der Waals surface area contributed by atoms with Gasteiger partial charge in [-0.3, -0.25) is 14.4 Å². The van der Waals surface area contributed by atoms with Crippen LogP contribution in [0.3, 0.4) is 0 Å². The fourth-order valence-electron chi connectivity index (χ4n) is 8.29. The maximum Gasteiger partial charge on any atom is 0.306 e. The van der Waals surface area contributed by atoms with Crippen LogP contribution in [0.1, 0.15) is 298 Å². The molecule has 0 N–H and O–H groups in total. The Morgan fingerprint density at radius 1 is 0.279 bits per heavy atom. The van der Waals surface area contributed by atoms with Gasteiger partial charge in [0.2, 0.25) is 0 Å². The molecule has 0 amide bonds. The van der Waals surface area contributed by atoms with E-state index in [1.54, 1.807) is 0 Å². The first-order chi connectivity index (χ1) is 29.6. The summed E-state index contributed by atoms with van der Waals surface area (Å²) in [4.78, 5) is 38.0. The summed E-state index contributed by atoms with van der Waals surface area (Å²) < 4.78 is 16.8. The molecule has 1 atom stereocenters. The second-order valence-electron chi connectivity index (χ2n) is 20.3. The Morgan fingerprint density at radius 2 is 0.475 bits per heavy atom. The number of rotatable bonds is 48. The molecule has 0 heterocycles. The fourth-order valence-corrected chi connectivity index (χ4v) is 8.29. The van der Waals surface area contributed by atoms with Gasteiger partial charge in [-0.1, -0.05) is 260 Å². The standard InChI is InChI=1S/C55H106O6/c1-49(2)41-35-29-23-17-12-8-7-9-15-21-28-34-40-46-55(58)61-52(48-60-54(57)45-39-33-27-22-16-19-25-31-37-43-51(5)6)47-59-53(56)44-38-32-26-20-14-11-10-13-18-24-30-36-42-50(3)4/h49-52H,7-48H2,1-6H3/t52-/m0/s1. The molecule has 0 radical (unpaired) electrons. The molecule has 362 valence electrons. The highest BCUT2D eigenvalue weighted by molar-refractivity contribution is 5.71. The molecule has 0 aromatic rings. The van der Waals surface area contributed by atoms with Crippen molar-refractivity contribution in [3.63, 3.8) is 0 Å². The van der Waals surface area contributed by atoms with Crippen LogP contribution in [0.4, 0.5) is 0 Å². The van der Waals surface area contributed by atoms with Crippen molar-refractivity contribution in [2.24, 2.45) is 17.8 Å². The van der Waals surface area contributed by atoms with Crippen LogP contribution in [0.5, 0.6) is 0 Å². The zero-order valence-electron chi connectivity index (χ0n) is 42.0. The second kappa shape index (κ2) is 46.4. The summed E-state index contributed by atoms with van der Waals surface area (Å²) in [6.07, 6.45) is 46.6. The number of carbonyl (C=O) groups is 3. The molecule has 0 spiro atoms. The van der Waals surface area contributed by atoms with E-state index >= 15 is 0 Å². The van der Waals surface area contributed by atoms with Gasteiger partial charge in [-0.15, -0.1) is 0 Å². The van der Waals surface area contributed by atoms with Gasteiger partial charge in [0, 0.05) is 19.3 Å². The van der Waals surface area contributed by atoms with Crippen molar-refractivity contribution < 1.29 is 28.6 Å². The van der Waals surface area contributed by atoms with Crippen molar-refractivity contribution in [2.75, 3.05) is 13.2 Å². The zero-order chi connectivity index (χ0) is 44.9. The Bertz CT molecular complexity index is 945. The van der Waals surface area contributed by atoms with Gasteiger partial charge in [-0.2, -0.15) is 0 Å². The van der Waals surface area contributed by atoms with Gasteiger partial charge in [0.05, 0.1) is 0 Å². The highest BCUT2D eigenvalue weighted by Gasteiger charge is 2.19. The fraction of sp³-hybridized carbons (Fsp3) is 0.945. The number of unbranched alkanes of at least 4 members (excludes halogenated alkanes) is 31. The molecule has 0 aromatic carbocycles. The van der Waals surface area contributed by atoms with Crippen LogP contribution in [0, 0.1) is 17.8 Å². The largest absolute Gasteiger partial charge is 0.462 e. The zero-order valence-corrected chi connectivity index (χ0v) is 42.0. The number of hydrogen-bond acceptors (Lipinski definition) is 6. The molecule has 0 aromatic heterocycles. The van der Waals surface area contributed by atoms with E-state index in [4.69, 9.17) is 14.2 Å². The minimum absolute atomic E-state index is 0.0643. The van der Waals surface area contributed by atoms with Crippen LogP contribution in [-0.2, 0) is 28.6 Å². The SMILES string of the molecule is CC(C)CCCCCCCCCCCCCCCC(=O)O[C@@H](COC(=O)CCCCCCCCCCCCCCC(C)C)COC(=O)CCCCCCCCCCCC(C)C. The smallest absolute Gasteiger partial charge is 0.306 e. The number of esters is 3. The lowest BCUT2D eigenvalue weighted by Crippen LogP contribution is -2.30. The van der Waals surface area contributed by atoms with Crippen molar-refractivity contribution in [3.05, 3.63) is 0 Å². The molecule has 61 heavy (non-hydrogen) atoms. The van der Waals surface area contributed by atoms with Crippen LogP contribution in [-0.4, -0.2) is 37.2 Å². The molecule has 0 aliphatic carbocycles. The molecule has 6 heteroatoms. The van der Waals surface area contributed by atoms with Gasteiger partial charge < -0.3 is 14.2 Å². The molecule has 0 aliphatic heterocycles. The van der Waals surface area contributed by atoms with Crippen LogP contribution in [0.25, 0.3) is 0 Å². The predicted molar refractivity (Wildman–Crippen MR) is 261 cm³/mol. The molecular weight excluding hydrogens is 757 g/mol. The third kappa shape index (κ3) is 49.3. The minimum atomic E-state index is -0.763. The summed E-state index contributed by atoms with van der Waals surface area (Å²) in [7, 11) is 0. The Hall–Kier alpha value is -1.59. The van der Waals surface area contributed by atoms with Crippen molar-refractivity contribution in [3.8, 4) is 0 Å². The molecule has 0 aliphatic rings. The molecule has 6 nitrogen and oxygen atoms in total. The third-order valence-electron chi connectivity index (χ3n) is 12.4. The summed E-state index contributed by atoms with van der Waals surface area (Å²) in [6, 6.07) is 0. The summed E-state index contributed by atoms with van der Waals surface area (Å²) in [6.45, 7) is 13.7. The number of hydrogen-bond donors (Lipinski definition) is 0. The van der Waals surface area contributed by atoms with Gasteiger partial charge in [-0.25, -0.2) is 0 Å². The average Bonchev–Trinajstić information content (AvgIpc) is 3.22.